The third kappa shape index (κ3) is 1.76. The van der Waals surface area contributed by atoms with Crippen molar-refractivity contribution in [3.8, 4) is 11.1 Å². The van der Waals surface area contributed by atoms with E-state index < -0.39 is 5.92 Å². The molecule has 0 saturated heterocycles. The number of aromatic nitrogens is 1. The van der Waals surface area contributed by atoms with Gasteiger partial charge in [0, 0.05) is 12.5 Å². The van der Waals surface area contributed by atoms with E-state index in [0.29, 0.717) is 11.1 Å². The molecule has 2 rings (SSSR count). The molecule has 2 aromatic rings. The van der Waals surface area contributed by atoms with E-state index in [4.69, 9.17) is 5.73 Å². The molecule has 0 amide bonds. The van der Waals surface area contributed by atoms with Crippen LogP contribution in [-0.2, 0) is 5.92 Å². The number of alkyl halides is 2. The maximum atomic E-state index is 13.3. The van der Waals surface area contributed by atoms with E-state index in [0.717, 1.165) is 6.92 Å². The van der Waals surface area contributed by atoms with Crippen LogP contribution in [-0.4, -0.2) is 5.16 Å². The number of halogens is 2. The van der Waals surface area contributed by atoms with Crippen LogP contribution >= 0.6 is 0 Å². The summed E-state index contributed by atoms with van der Waals surface area (Å²) >= 11 is 0. The van der Waals surface area contributed by atoms with Crippen LogP contribution in [0.15, 0.2) is 35.0 Å². The van der Waals surface area contributed by atoms with Gasteiger partial charge in [-0.05, 0) is 5.56 Å². The molecule has 3 nitrogen and oxygen atoms in total. The van der Waals surface area contributed by atoms with Crippen LogP contribution in [0.5, 0.6) is 0 Å². The van der Waals surface area contributed by atoms with Crippen molar-refractivity contribution < 1.29 is 13.3 Å². The number of hydrogen-bond acceptors (Lipinski definition) is 3. The number of hydrogen-bond donors (Lipinski definition) is 1. The van der Waals surface area contributed by atoms with Gasteiger partial charge in [0.25, 0.3) is 5.92 Å². The fraction of sp³-hybridized carbons (Fsp3) is 0.182. The van der Waals surface area contributed by atoms with Crippen LogP contribution in [0.3, 0.4) is 0 Å². The van der Waals surface area contributed by atoms with Crippen molar-refractivity contribution in [2.24, 2.45) is 0 Å². The third-order valence-electron chi connectivity index (χ3n) is 2.29. The van der Waals surface area contributed by atoms with Crippen molar-refractivity contribution in [1.29, 1.82) is 0 Å². The first kappa shape index (κ1) is 10.6. The Morgan fingerprint density at radius 1 is 1.25 bits per heavy atom. The van der Waals surface area contributed by atoms with Crippen LogP contribution in [0, 0.1) is 0 Å². The predicted molar refractivity (Wildman–Crippen MR) is 55.9 cm³/mol. The lowest BCUT2D eigenvalue weighted by molar-refractivity contribution is 0.0181. The van der Waals surface area contributed by atoms with E-state index in [9.17, 15) is 8.78 Å². The van der Waals surface area contributed by atoms with Crippen molar-refractivity contribution in [3.63, 3.8) is 0 Å². The highest BCUT2D eigenvalue weighted by molar-refractivity contribution is 5.75. The van der Waals surface area contributed by atoms with Crippen molar-refractivity contribution in [1.82, 2.24) is 5.16 Å². The highest BCUT2D eigenvalue weighted by atomic mass is 19.3. The molecule has 0 aliphatic carbocycles. The zero-order valence-corrected chi connectivity index (χ0v) is 8.58. The Morgan fingerprint density at radius 3 is 2.50 bits per heavy atom. The van der Waals surface area contributed by atoms with E-state index in [2.05, 4.69) is 9.68 Å². The van der Waals surface area contributed by atoms with E-state index in [-0.39, 0.29) is 11.4 Å². The second kappa shape index (κ2) is 3.59. The molecule has 1 aromatic heterocycles. The van der Waals surface area contributed by atoms with Gasteiger partial charge in [-0.1, -0.05) is 29.4 Å². The fourth-order valence-corrected chi connectivity index (χ4v) is 1.55. The summed E-state index contributed by atoms with van der Waals surface area (Å²) in [5.74, 6) is -2.89. The van der Waals surface area contributed by atoms with Crippen molar-refractivity contribution in [2.75, 3.05) is 5.73 Å². The number of rotatable bonds is 2. The van der Waals surface area contributed by atoms with Gasteiger partial charge >= 0.3 is 0 Å². The molecule has 1 heterocycles. The van der Waals surface area contributed by atoms with Gasteiger partial charge in [0.15, 0.2) is 0 Å². The smallest absolute Gasteiger partial charge is 0.271 e. The number of anilines is 1. The predicted octanol–water partition coefficient (Wildman–Crippen LogP) is 3.04. The molecule has 0 saturated carbocycles. The number of nitrogens with two attached hydrogens (primary N) is 1. The molecule has 0 spiro atoms. The van der Waals surface area contributed by atoms with E-state index in [1.165, 1.54) is 12.3 Å². The second-order valence-corrected chi connectivity index (χ2v) is 3.54. The average Bonchev–Trinajstić information content (AvgIpc) is 2.63. The Balaban J connectivity index is 2.62. The quantitative estimate of drug-likeness (QED) is 0.852. The van der Waals surface area contributed by atoms with Gasteiger partial charge in [0.1, 0.15) is 0 Å². The van der Waals surface area contributed by atoms with Crippen LogP contribution < -0.4 is 5.73 Å². The van der Waals surface area contributed by atoms with Crippen molar-refractivity contribution in [3.05, 3.63) is 36.0 Å². The number of benzene rings is 1. The first-order valence-corrected chi connectivity index (χ1v) is 4.68. The topological polar surface area (TPSA) is 52.0 Å². The molecule has 0 aliphatic rings. The average molecular weight is 224 g/mol. The molecule has 84 valence electrons. The Hall–Kier alpha value is -1.91. The van der Waals surface area contributed by atoms with Gasteiger partial charge in [0.2, 0.25) is 5.88 Å². The van der Waals surface area contributed by atoms with E-state index in [1.807, 2.05) is 0 Å². The fourth-order valence-electron chi connectivity index (χ4n) is 1.55. The lowest BCUT2D eigenvalue weighted by atomic mass is 9.98. The summed E-state index contributed by atoms with van der Waals surface area (Å²) in [5.41, 5.74) is 6.15. The molecule has 0 fully saturated rings. The van der Waals surface area contributed by atoms with Gasteiger partial charge in [-0.3, -0.25) is 0 Å². The Kier molecular flexibility index (Phi) is 2.38. The van der Waals surface area contributed by atoms with Gasteiger partial charge < -0.3 is 10.3 Å². The number of nitrogens with zero attached hydrogens (tertiary/aromatic N) is 1. The highest BCUT2D eigenvalue weighted by Gasteiger charge is 2.28. The lowest BCUT2D eigenvalue weighted by Gasteiger charge is -2.14. The van der Waals surface area contributed by atoms with Crippen LogP contribution in [0.4, 0.5) is 14.7 Å². The molecular weight excluding hydrogens is 214 g/mol. The molecule has 2 N–H and O–H groups in total. The van der Waals surface area contributed by atoms with Crippen LogP contribution in [0.1, 0.15) is 12.5 Å². The monoisotopic (exact) mass is 224 g/mol. The maximum absolute atomic E-state index is 13.3. The van der Waals surface area contributed by atoms with Gasteiger partial charge in [-0.15, -0.1) is 0 Å². The van der Waals surface area contributed by atoms with Gasteiger partial charge in [0.05, 0.1) is 11.8 Å². The normalized spacial score (nSPS) is 11.7. The maximum Gasteiger partial charge on any atom is 0.271 e. The van der Waals surface area contributed by atoms with Gasteiger partial charge in [-0.25, -0.2) is 8.78 Å². The summed E-state index contributed by atoms with van der Waals surface area (Å²) in [4.78, 5) is 0. The molecule has 1 aromatic carbocycles. The van der Waals surface area contributed by atoms with Crippen LogP contribution in [0.2, 0.25) is 0 Å². The Bertz CT molecular complexity index is 503. The Labute approximate surface area is 90.9 Å². The second-order valence-electron chi connectivity index (χ2n) is 3.54. The molecule has 5 heteroatoms. The van der Waals surface area contributed by atoms with Crippen molar-refractivity contribution in [2.45, 2.75) is 12.8 Å². The largest absolute Gasteiger partial charge is 0.367 e. The molecule has 0 atom stereocenters. The zero-order chi connectivity index (χ0) is 11.8. The summed E-state index contributed by atoms with van der Waals surface area (Å²) in [5, 5.41) is 3.48. The SMILES string of the molecule is CC(F)(F)c1ccccc1-c1cnoc1N. The first-order valence-electron chi connectivity index (χ1n) is 4.68. The standard InChI is InChI=1S/C11H10F2N2O/c1-11(12,13)9-5-3-2-4-7(9)8-6-15-16-10(8)14/h2-6H,14H2,1H3. The summed E-state index contributed by atoms with van der Waals surface area (Å²) in [7, 11) is 0. The zero-order valence-electron chi connectivity index (χ0n) is 8.58. The lowest BCUT2D eigenvalue weighted by Crippen LogP contribution is -2.08. The summed E-state index contributed by atoms with van der Waals surface area (Å²) in [6.45, 7) is 0.843. The van der Waals surface area contributed by atoms with Crippen molar-refractivity contribution >= 4 is 5.88 Å². The highest BCUT2D eigenvalue weighted by Crippen LogP contribution is 2.37. The van der Waals surface area contributed by atoms with E-state index in [1.54, 1.807) is 18.2 Å². The summed E-state index contributed by atoms with van der Waals surface area (Å²) < 4.78 is 31.4. The molecule has 0 radical (unpaired) electrons. The molecule has 0 unspecified atom stereocenters. The van der Waals surface area contributed by atoms with Gasteiger partial charge in [-0.2, -0.15) is 0 Å². The molecule has 16 heavy (non-hydrogen) atoms. The van der Waals surface area contributed by atoms with E-state index >= 15 is 0 Å². The first-order chi connectivity index (χ1) is 7.50. The number of nitrogen functional groups attached to an aromatic ring is 1. The third-order valence-corrected chi connectivity index (χ3v) is 2.29. The van der Waals surface area contributed by atoms with Crippen LogP contribution in [0.25, 0.3) is 11.1 Å². The Morgan fingerprint density at radius 2 is 1.94 bits per heavy atom. The molecule has 0 aliphatic heterocycles. The minimum absolute atomic E-state index is 0.0386. The summed E-state index contributed by atoms with van der Waals surface area (Å²) in [6.07, 6.45) is 1.33. The molecule has 0 bridgehead atoms. The minimum atomic E-state index is -2.93. The molecular formula is C11H10F2N2O. The summed E-state index contributed by atoms with van der Waals surface area (Å²) in [6, 6.07) is 6.15. The minimum Gasteiger partial charge on any atom is -0.367 e.